The predicted octanol–water partition coefficient (Wildman–Crippen LogP) is 1.99. The lowest BCUT2D eigenvalue weighted by molar-refractivity contribution is 0.174. The van der Waals surface area contributed by atoms with E-state index in [0.717, 1.165) is 23.5 Å². The second-order valence-corrected chi connectivity index (χ2v) is 5.11. The van der Waals surface area contributed by atoms with E-state index in [-0.39, 0.29) is 12.8 Å². The van der Waals surface area contributed by atoms with Crippen LogP contribution in [0.1, 0.15) is 24.0 Å². The third kappa shape index (κ3) is 3.11. The Bertz CT molecular complexity index is 688. The van der Waals surface area contributed by atoms with Gasteiger partial charge >= 0.3 is 5.82 Å². The molecule has 1 N–H and O–H groups in total. The lowest BCUT2D eigenvalue weighted by Crippen LogP contribution is -2.27. The monoisotopic (exact) mass is 291 g/mol. The summed E-state index contributed by atoms with van der Waals surface area (Å²) in [6.07, 6.45) is 0.831. The summed E-state index contributed by atoms with van der Waals surface area (Å²) in [5, 5.41) is 3.30. The van der Waals surface area contributed by atoms with Crippen LogP contribution in [0.3, 0.4) is 0 Å². The van der Waals surface area contributed by atoms with E-state index < -0.39 is 5.82 Å². The van der Waals surface area contributed by atoms with Gasteiger partial charge < -0.3 is 23.6 Å². The molecule has 1 aromatic carbocycles. The fourth-order valence-electron chi connectivity index (χ4n) is 2.30. The SMILES string of the molecule is Cc1oc(=O)oc1CN[C@H](C)Cc1ccc2c(c1)OCO2. The number of fused-ring (bicyclic) bond motifs is 1. The molecule has 0 aliphatic carbocycles. The van der Waals surface area contributed by atoms with Gasteiger partial charge in [-0.1, -0.05) is 6.07 Å². The Morgan fingerprint density at radius 1 is 1.24 bits per heavy atom. The molecule has 2 heterocycles. The molecule has 1 aromatic heterocycles. The van der Waals surface area contributed by atoms with Crippen molar-refractivity contribution in [3.05, 3.63) is 45.9 Å². The lowest BCUT2D eigenvalue weighted by Gasteiger charge is -2.13. The molecule has 0 unspecified atom stereocenters. The quantitative estimate of drug-likeness (QED) is 0.908. The van der Waals surface area contributed by atoms with E-state index in [1.165, 1.54) is 0 Å². The minimum atomic E-state index is -0.660. The molecule has 0 bridgehead atoms. The summed E-state index contributed by atoms with van der Waals surface area (Å²) in [5.74, 6) is 1.97. The smallest absolute Gasteiger partial charge is 0.454 e. The van der Waals surface area contributed by atoms with Gasteiger partial charge in [-0.2, -0.15) is 0 Å². The van der Waals surface area contributed by atoms with Gasteiger partial charge in [0, 0.05) is 6.04 Å². The number of hydrogen-bond acceptors (Lipinski definition) is 6. The third-order valence-electron chi connectivity index (χ3n) is 3.43. The summed E-state index contributed by atoms with van der Waals surface area (Å²) in [6, 6.07) is 6.15. The number of aryl methyl sites for hydroxylation is 1. The highest BCUT2D eigenvalue weighted by molar-refractivity contribution is 5.44. The minimum Gasteiger partial charge on any atom is -0.454 e. The maximum Gasteiger partial charge on any atom is 0.519 e. The number of benzene rings is 1. The van der Waals surface area contributed by atoms with Crippen molar-refractivity contribution in [2.24, 2.45) is 0 Å². The molecule has 0 saturated heterocycles. The van der Waals surface area contributed by atoms with E-state index in [2.05, 4.69) is 12.2 Å². The summed E-state index contributed by atoms with van der Waals surface area (Å²) in [6.45, 7) is 4.53. The highest BCUT2D eigenvalue weighted by atomic mass is 16.7. The fraction of sp³-hybridized carbons (Fsp3) is 0.400. The molecule has 0 amide bonds. The van der Waals surface area contributed by atoms with Crippen molar-refractivity contribution in [3.63, 3.8) is 0 Å². The second kappa shape index (κ2) is 5.65. The molecule has 6 nitrogen and oxygen atoms in total. The molecule has 3 rings (SSSR count). The van der Waals surface area contributed by atoms with Crippen molar-refractivity contribution in [2.75, 3.05) is 6.79 Å². The first kappa shape index (κ1) is 13.8. The van der Waals surface area contributed by atoms with Crippen LogP contribution in [-0.2, 0) is 13.0 Å². The first-order valence-electron chi connectivity index (χ1n) is 6.83. The topological polar surface area (TPSA) is 73.8 Å². The van der Waals surface area contributed by atoms with Gasteiger partial charge in [0.1, 0.15) is 5.76 Å². The standard InChI is InChI=1S/C15H17NO5/c1-9(16-7-14-10(2)20-15(17)21-14)5-11-3-4-12-13(6-11)19-8-18-12/h3-4,6,9,16H,5,7-8H2,1-2H3/t9-/m1/s1. The van der Waals surface area contributed by atoms with Gasteiger partial charge in [0.2, 0.25) is 6.79 Å². The predicted molar refractivity (Wildman–Crippen MR) is 74.6 cm³/mol. The summed E-state index contributed by atoms with van der Waals surface area (Å²) >= 11 is 0. The normalized spacial score (nSPS) is 14.4. The van der Waals surface area contributed by atoms with Crippen LogP contribution in [0.5, 0.6) is 11.5 Å². The Hall–Kier alpha value is -2.21. The Balaban J connectivity index is 1.58. The molecule has 21 heavy (non-hydrogen) atoms. The number of ether oxygens (including phenoxy) is 2. The average Bonchev–Trinajstić information content (AvgIpc) is 3.02. The molecule has 0 spiro atoms. The molecule has 6 heteroatoms. The minimum absolute atomic E-state index is 0.213. The van der Waals surface area contributed by atoms with Crippen LogP contribution in [-0.4, -0.2) is 12.8 Å². The summed E-state index contributed by atoms with van der Waals surface area (Å²) in [7, 11) is 0. The highest BCUT2D eigenvalue weighted by Gasteiger charge is 2.15. The van der Waals surface area contributed by atoms with Gasteiger partial charge in [-0.3, -0.25) is 0 Å². The largest absolute Gasteiger partial charge is 0.519 e. The maximum absolute atomic E-state index is 11.0. The van der Waals surface area contributed by atoms with Crippen LogP contribution in [0, 0.1) is 6.92 Å². The molecular weight excluding hydrogens is 274 g/mol. The molecule has 0 fully saturated rings. The van der Waals surface area contributed by atoms with Crippen molar-refractivity contribution in [1.29, 1.82) is 0 Å². The molecular formula is C15H17NO5. The Morgan fingerprint density at radius 3 is 2.81 bits per heavy atom. The van der Waals surface area contributed by atoms with E-state index >= 15 is 0 Å². The molecule has 2 aromatic rings. The van der Waals surface area contributed by atoms with Gasteiger partial charge in [0.25, 0.3) is 0 Å². The van der Waals surface area contributed by atoms with E-state index in [4.69, 9.17) is 18.3 Å². The molecule has 112 valence electrons. The van der Waals surface area contributed by atoms with Crippen LogP contribution in [0.2, 0.25) is 0 Å². The molecule has 1 atom stereocenters. The Kier molecular flexibility index (Phi) is 3.70. The molecule has 0 saturated carbocycles. The number of rotatable bonds is 5. The lowest BCUT2D eigenvalue weighted by atomic mass is 10.1. The number of nitrogens with one attached hydrogen (secondary N) is 1. The second-order valence-electron chi connectivity index (χ2n) is 5.11. The van der Waals surface area contributed by atoms with Gasteiger partial charge in [-0.25, -0.2) is 4.79 Å². The van der Waals surface area contributed by atoms with Crippen LogP contribution in [0.15, 0.2) is 31.8 Å². The van der Waals surface area contributed by atoms with E-state index in [1.54, 1.807) is 6.92 Å². The van der Waals surface area contributed by atoms with E-state index in [1.807, 2.05) is 18.2 Å². The molecule has 1 aliphatic heterocycles. The van der Waals surface area contributed by atoms with Crippen molar-refractivity contribution in [3.8, 4) is 11.5 Å². The summed E-state index contributed by atoms with van der Waals surface area (Å²) in [4.78, 5) is 11.0. The zero-order chi connectivity index (χ0) is 14.8. The van der Waals surface area contributed by atoms with Crippen LogP contribution >= 0.6 is 0 Å². The first-order chi connectivity index (χ1) is 10.1. The van der Waals surface area contributed by atoms with Crippen LogP contribution < -0.4 is 20.6 Å². The van der Waals surface area contributed by atoms with Crippen molar-refractivity contribution in [2.45, 2.75) is 32.9 Å². The summed E-state index contributed by atoms with van der Waals surface area (Å²) < 4.78 is 20.4. The van der Waals surface area contributed by atoms with Crippen molar-refractivity contribution < 1.29 is 18.3 Å². The van der Waals surface area contributed by atoms with Gasteiger partial charge in [0.15, 0.2) is 17.3 Å². The fourth-order valence-corrected chi connectivity index (χ4v) is 2.30. The zero-order valence-corrected chi connectivity index (χ0v) is 12.0. The van der Waals surface area contributed by atoms with E-state index in [9.17, 15) is 4.79 Å². The molecule has 1 aliphatic rings. The van der Waals surface area contributed by atoms with Gasteiger partial charge in [0.05, 0.1) is 6.54 Å². The maximum atomic E-state index is 11.0. The van der Waals surface area contributed by atoms with Crippen LogP contribution in [0.4, 0.5) is 0 Å². The summed E-state index contributed by atoms with van der Waals surface area (Å²) in [5.41, 5.74) is 1.16. The van der Waals surface area contributed by atoms with Crippen molar-refractivity contribution >= 4 is 0 Å². The third-order valence-corrected chi connectivity index (χ3v) is 3.43. The average molecular weight is 291 g/mol. The van der Waals surface area contributed by atoms with Gasteiger partial charge in [-0.15, -0.1) is 0 Å². The van der Waals surface area contributed by atoms with Crippen molar-refractivity contribution in [1.82, 2.24) is 5.32 Å². The Morgan fingerprint density at radius 2 is 2.05 bits per heavy atom. The number of hydrogen-bond donors (Lipinski definition) is 1. The highest BCUT2D eigenvalue weighted by Crippen LogP contribution is 2.32. The Labute approximate surface area is 121 Å². The molecule has 0 radical (unpaired) electrons. The zero-order valence-electron chi connectivity index (χ0n) is 12.0. The van der Waals surface area contributed by atoms with Gasteiger partial charge in [-0.05, 0) is 38.0 Å². The first-order valence-corrected chi connectivity index (χ1v) is 6.83. The van der Waals surface area contributed by atoms with Crippen LogP contribution in [0.25, 0.3) is 0 Å². The van der Waals surface area contributed by atoms with E-state index in [0.29, 0.717) is 18.1 Å².